The maximum atomic E-state index is 12.5. The predicted molar refractivity (Wildman–Crippen MR) is 97.0 cm³/mol. The SMILES string of the molecule is COC(=O)C1(C(N)=S)CCN(C(=O)Nc2cc(C)ccc2C)CC1. The van der Waals surface area contributed by atoms with Crippen molar-refractivity contribution in [1.82, 2.24) is 4.90 Å². The van der Waals surface area contributed by atoms with E-state index in [4.69, 9.17) is 22.7 Å². The van der Waals surface area contributed by atoms with Crippen LogP contribution in [0.2, 0.25) is 0 Å². The van der Waals surface area contributed by atoms with Crippen molar-refractivity contribution < 1.29 is 14.3 Å². The third kappa shape index (κ3) is 3.51. The lowest BCUT2D eigenvalue weighted by molar-refractivity contribution is -0.150. The monoisotopic (exact) mass is 349 g/mol. The molecule has 0 bridgehead atoms. The molecule has 1 aromatic rings. The number of carbonyl (C=O) groups is 2. The van der Waals surface area contributed by atoms with Gasteiger partial charge in [-0.3, -0.25) is 4.79 Å². The first-order valence-corrected chi connectivity index (χ1v) is 8.22. The molecule has 130 valence electrons. The lowest BCUT2D eigenvalue weighted by Gasteiger charge is -2.38. The number of ether oxygens (including phenoxy) is 1. The van der Waals surface area contributed by atoms with E-state index < -0.39 is 11.4 Å². The highest BCUT2D eigenvalue weighted by Gasteiger charge is 2.46. The topological polar surface area (TPSA) is 84.7 Å². The maximum absolute atomic E-state index is 12.5. The molecule has 3 N–H and O–H groups in total. The Hall–Kier alpha value is -2.15. The highest BCUT2D eigenvalue weighted by molar-refractivity contribution is 7.80. The minimum Gasteiger partial charge on any atom is -0.468 e. The van der Waals surface area contributed by atoms with Gasteiger partial charge in [0.15, 0.2) is 0 Å². The number of urea groups is 1. The third-order valence-electron chi connectivity index (χ3n) is 4.59. The van der Waals surface area contributed by atoms with Crippen LogP contribution < -0.4 is 11.1 Å². The Kier molecular flexibility index (Phi) is 5.43. The summed E-state index contributed by atoms with van der Waals surface area (Å²) in [5, 5.41) is 2.93. The van der Waals surface area contributed by atoms with E-state index in [2.05, 4.69) is 5.32 Å². The molecule has 0 unspecified atom stereocenters. The molecule has 1 aromatic carbocycles. The Morgan fingerprint density at radius 2 is 1.92 bits per heavy atom. The van der Waals surface area contributed by atoms with Crippen molar-refractivity contribution in [3.8, 4) is 0 Å². The molecule has 0 aliphatic carbocycles. The Morgan fingerprint density at radius 3 is 2.46 bits per heavy atom. The first-order chi connectivity index (χ1) is 11.3. The minimum absolute atomic E-state index is 0.129. The zero-order valence-electron chi connectivity index (χ0n) is 14.2. The minimum atomic E-state index is -0.972. The number of anilines is 1. The average molecular weight is 349 g/mol. The summed E-state index contributed by atoms with van der Waals surface area (Å²) in [7, 11) is 1.32. The van der Waals surface area contributed by atoms with Crippen LogP contribution >= 0.6 is 12.2 Å². The van der Waals surface area contributed by atoms with Gasteiger partial charge in [0.1, 0.15) is 5.41 Å². The van der Waals surface area contributed by atoms with Gasteiger partial charge >= 0.3 is 12.0 Å². The largest absolute Gasteiger partial charge is 0.468 e. The van der Waals surface area contributed by atoms with Crippen LogP contribution in [0.4, 0.5) is 10.5 Å². The number of likely N-dealkylation sites (tertiary alicyclic amines) is 1. The van der Waals surface area contributed by atoms with Crippen molar-refractivity contribution in [3.05, 3.63) is 29.3 Å². The zero-order chi connectivity index (χ0) is 17.9. The average Bonchev–Trinajstić information content (AvgIpc) is 2.57. The number of thiocarbonyl (C=S) groups is 1. The van der Waals surface area contributed by atoms with E-state index in [1.165, 1.54) is 7.11 Å². The summed E-state index contributed by atoms with van der Waals surface area (Å²) in [6.45, 7) is 4.70. The standard InChI is InChI=1S/C17H23N3O3S/c1-11-4-5-12(2)13(10-11)19-16(22)20-8-6-17(7-9-20,14(18)24)15(21)23-3/h4-5,10H,6-9H2,1-3H3,(H2,18,24)(H,19,22). The summed E-state index contributed by atoms with van der Waals surface area (Å²) >= 11 is 5.07. The Labute approximate surface area is 147 Å². The fourth-order valence-corrected chi connectivity index (χ4v) is 3.19. The molecule has 1 heterocycles. The molecule has 1 fully saturated rings. The number of amides is 2. The van der Waals surface area contributed by atoms with Crippen molar-refractivity contribution in [3.63, 3.8) is 0 Å². The maximum Gasteiger partial charge on any atom is 0.321 e. The second-order valence-corrected chi connectivity index (χ2v) is 6.61. The molecule has 0 atom stereocenters. The van der Waals surface area contributed by atoms with Crippen LogP contribution in [-0.2, 0) is 9.53 Å². The molecule has 0 saturated carbocycles. The second-order valence-electron chi connectivity index (χ2n) is 6.17. The van der Waals surface area contributed by atoms with Crippen LogP contribution in [-0.4, -0.2) is 42.1 Å². The van der Waals surface area contributed by atoms with E-state index in [9.17, 15) is 9.59 Å². The van der Waals surface area contributed by atoms with E-state index in [0.717, 1.165) is 16.8 Å². The number of methoxy groups -OCH3 is 1. The predicted octanol–water partition coefficient (Wildman–Crippen LogP) is 2.38. The first kappa shape index (κ1) is 18.2. The lowest BCUT2D eigenvalue weighted by Crippen LogP contribution is -2.53. The van der Waals surface area contributed by atoms with Gasteiger partial charge < -0.3 is 20.7 Å². The molecular weight excluding hydrogens is 326 g/mol. The van der Waals surface area contributed by atoms with Gasteiger partial charge in [-0.05, 0) is 43.9 Å². The highest BCUT2D eigenvalue weighted by atomic mass is 32.1. The zero-order valence-corrected chi connectivity index (χ0v) is 15.0. The molecule has 1 aliphatic rings. The number of nitrogens with zero attached hydrogens (tertiary/aromatic N) is 1. The van der Waals surface area contributed by atoms with E-state index in [-0.39, 0.29) is 11.0 Å². The van der Waals surface area contributed by atoms with Gasteiger partial charge in [-0.25, -0.2) is 4.79 Å². The van der Waals surface area contributed by atoms with Gasteiger partial charge in [-0.2, -0.15) is 0 Å². The van der Waals surface area contributed by atoms with Gasteiger partial charge in [0.25, 0.3) is 0 Å². The van der Waals surface area contributed by atoms with E-state index in [1.807, 2.05) is 32.0 Å². The lowest BCUT2D eigenvalue weighted by atomic mass is 9.78. The Morgan fingerprint density at radius 1 is 1.29 bits per heavy atom. The first-order valence-electron chi connectivity index (χ1n) is 7.81. The van der Waals surface area contributed by atoms with Crippen LogP contribution in [0.1, 0.15) is 24.0 Å². The molecule has 2 rings (SSSR count). The fraction of sp³-hybridized carbons (Fsp3) is 0.471. The fourth-order valence-electron chi connectivity index (χ4n) is 2.90. The summed E-state index contributed by atoms with van der Waals surface area (Å²) in [4.78, 5) is 26.4. The third-order valence-corrected chi connectivity index (χ3v) is 4.98. The van der Waals surface area contributed by atoms with Crippen molar-refractivity contribution in [2.75, 3.05) is 25.5 Å². The summed E-state index contributed by atoms with van der Waals surface area (Å²) < 4.78 is 4.85. The van der Waals surface area contributed by atoms with E-state index in [1.54, 1.807) is 4.90 Å². The number of aryl methyl sites for hydroxylation is 2. The van der Waals surface area contributed by atoms with Crippen LogP contribution in [0.5, 0.6) is 0 Å². The van der Waals surface area contributed by atoms with E-state index >= 15 is 0 Å². The molecule has 24 heavy (non-hydrogen) atoms. The molecule has 6 nitrogen and oxygen atoms in total. The summed E-state index contributed by atoms with van der Waals surface area (Å²) in [5.74, 6) is -0.426. The van der Waals surface area contributed by atoms with Gasteiger partial charge in [-0.15, -0.1) is 0 Å². The van der Waals surface area contributed by atoms with Gasteiger partial charge in [0, 0.05) is 18.8 Å². The van der Waals surface area contributed by atoms with Gasteiger partial charge in [-0.1, -0.05) is 24.4 Å². The van der Waals surface area contributed by atoms with Crippen LogP contribution in [0.15, 0.2) is 18.2 Å². The number of piperidine rings is 1. The number of esters is 1. The smallest absolute Gasteiger partial charge is 0.321 e. The number of nitrogens with two attached hydrogens (primary N) is 1. The van der Waals surface area contributed by atoms with Crippen molar-refractivity contribution in [2.45, 2.75) is 26.7 Å². The van der Waals surface area contributed by atoms with Crippen molar-refractivity contribution in [1.29, 1.82) is 0 Å². The summed E-state index contributed by atoms with van der Waals surface area (Å²) in [6, 6.07) is 5.71. The molecule has 0 radical (unpaired) electrons. The molecule has 0 spiro atoms. The van der Waals surface area contributed by atoms with Gasteiger partial charge in [0.2, 0.25) is 0 Å². The van der Waals surface area contributed by atoms with Crippen LogP contribution in [0.25, 0.3) is 0 Å². The molecule has 7 heteroatoms. The van der Waals surface area contributed by atoms with Gasteiger partial charge in [0.05, 0.1) is 12.1 Å². The second kappa shape index (κ2) is 7.17. The number of rotatable bonds is 3. The molecule has 1 saturated heterocycles. The Bertz CT molecular complexity index is 667. The summed E-state index contributed by atoms with van der Waals surface area (Å²) in [5.41, 5.74) is 7.67. The number of hydrogen-bond acceptors (Lipinski definition) is 4. The molecular formula is C17H23N3O3S. The quantitative estimate of drug-likeness (QED) is 0.646. The van der Waals surface area contributed by atoms with Crippen LogP contribution in [0, 0.1) is 19.3 Å². The van der Waals surface area contributed by atoms with Crippen molar-refractivity contribution in [2.24, 2.45) is 11.1 Å². The molecule has 0 aromatic heterocycles. The molecule has 1 aliphatic heterocycles. The number of hydrogen-bond donors (Lipinski definition) is 2. The number of carbonyl (C=O) groups excluding carboxylic acids is 2. The molecule has 2 amide bonds. The number of benzene rings is 1. The highest BCUT2D eigenvalue weighted by Crippen LogP contribution is 2.33. The summed E-state index contributed by atoms with van der Waals surface area (Å²) in [6.07, 6.45) is 0.741. The Balaban J connectivity index is 2.06. The normalized spacial score (nSPS) is 16.4. The number of nitrogens with one attached hydrogen (secondary N) is 1. The van der Waals surface area contributed by atoms with Crippen LogP contribution in [0.3, 0.4) is 0 Å². The van der Waals surface area contributed by atoms with E-state index in [0.29, 0.717) is 25.9 Å². The van der Waals surface area contributed by atoms with Crippen molar-refractivity contribution >= 4 is 34.9 Å².